The monoisotopic (exact) mass is 1620 g/mol. The van der Waals surface area contributed by atoms with Gasteiger partial charge in [0, 0.05) is 50.7 Å². The van der Waals surface area contributed by atoms with Gasteiger partial charge in [0.2, 0.25) is 0 Å². The first-order chi connectivity index (χ1) is 62.8. The van der Waals surface area contributed by atoms with Gasteiger partial charge in [-0.25, -0.2) is 0 Å². The molecule has 0 fully saturated rings. The van der Waals surface area contributed by atoms with Crippen molar-refractivity contribution in [3.63, 3.8) is 0 Å². The van der Waals surface area contributed by atoms with Crippen LogP contribution >= 0.6 is 0 Å². The van der Waals surface area contributed by atoms with Crippen molar-refractivity contribution < 1.29 is 0 Å². The molecule has 0 saturated carbocycles. The zero-order chi connectivity index (χ0) is 84.3. The van der Waals surface area contributed by atoms with E-state index in [0.717, 1.165) is 45.5 Å². The summed E-state index contributed by atoms with van der Waals surface area (Å²) in [5, 5.41) is 2.49. The van der Waals surface area contributed by atoms with Crippen molar-refractivity contribution >= 4 is 79.0 Å². The van der Waals surface area contributed by atoms with Gasteiger partial charge >= 0.3 is 0 Å². The number of hydrogen-bond donors (Lipinski definition) is 0. The zero-order valence-corrected chi connectivity index (χ0v) is 70.5. The van der Waals surface area contributed by atoms with Gasteiger partial charge in [0.1, 0.15) is 0 Å². The van der Waals surface area contributed by atoms with Gasteiger partial charge in [0.05, 0.1) is 45.0 Å². The van der Waals surface area contributed by atoms with E-state index in [1.807, 2.05) is 0 Å². The molecule has 2 spiro atoms. The molecule has 2 aliphatic heterocycles. The first-order valence-electron chi connectivity index (χ1n) is 44.2. The predicted molar refractivity (Wildman–Crippen MR) is 530 cm³/mol. The van der Waals surface area contributed by atoms with Crippen LogP contribution in [0.3, 0.4) is 0 Å². The van der Waals surface area contributed by atoms with Gasteiger partial charge in [0.15, 0.2) is 0 Å². The first kappa shape index (κ1) is 74.7. The first-order valence-corrected chi connectivity index (χ1v) is 44.2. The van der Waals surface area contributed by atoms with Crippen LogP contribution in [-0.4, -0.2) is 0 Å². The Bertz CT molecular complexity index is 7550. The summed E-state index contributed by atoms with van der Waals surface area (Å²) in [5.74, 6) is 0. The molecule has 5 aliphatic rings. The Labute approximate surface area is 742 Å². The maximum absolute atomic E-state index is 2.46. The summed E-state index contributed by atoms with van der Waals surface area (Å²) < 4.78 is 0. The van der Waals surface area contributed by atoms with Crippen LogP contribution in [0.2, 0.25) is 0 Å². The van der Waals surface area contributed by atoms with E-state index in [4.69, 9.17) is 0 Å². The van der Waals surface area contributed by atoms with E-state index in [0.29, 0.717) is 0 Å². The van der Waals surface area contributed by atoms with Gasteiger partial charge < -0.3 is 19.6 Å². The number of rotatable bonds is 12. The van der Waals surface area contributed by atoms with Gasteiger partial charge in [-0.05, 0) is 254 Å². The Balaban J connectivity index is 0.000000142. The third kappa shape index (κ3) is 11.7. The highest BCUT2D eigenvalue weighted by molar-refractivity contribution is 6.05. The van der Waals surface area contributed by atoms with Crippen LogP contribution < -0.4 is 19.6 Å². The minimum Gasteiger partial charge on any atom is -0.310 e. The van der Waals surface area contributed by atoms with Crippen LogP contribution in [0.1, 0.15) is 69.5 Å². The smallest absolute Gasteiger partial charge is 0.0755 e. The van der Waals surface area contributed by atoms with Crippen LogP contribution in [0.15, 0.2) is 485 Å². The molecule has 127 heavy (non-hydrogen) atoms. The quantitative estimate of drug-likeness (QED) is 0.121. The third-order valence-electron chi connectivity index (χ3n) is 27.5. The van der Waals surface area contributed by atoms with Crippen molar-refractivity contribution in [2.45, 2.75) is 30.1 Å². The lowest BCUT2D eigenvalue weighted by atomic mass is 9.64. The minimum absolute atomic E-state index is 0.0287. The molecule has 4 nitrogen and oxygen atoms in total. The second kappa shape index (κ2) is 30.1. The van der Waals surface area contributed by atoms with E-state index < -0.39 is 10.8 Å². The van der Waals surface area contributed by atoms with Crippen LogP contribution in [0.25, 0.3) is 88.7 Å². The molecule has 0 N–H and O–H groups in total. The van der Waals surface area contributed by atoms with Gasteiger partial charge in [-0.3, -0.25) is 0 Å². The van der Waals surface area contributed by atoms with Gasteiger partial charge in [-0.1, -0.05) is 378 Å². The highest BCUT2D eigenvalue weighted by Crippen LogP contribution is 2.68. The Morgan fingerprint density at radius 1 is 0.181 bits per heavy atom. The third-order valence-corrected chi connectivity index (χ3v) is 27.5. The Hall–Kier alpha value is -16.1. The van der Waals surface area contributed by atoms with Crippen LogP contribution in [-0.2, 0) is 16.2 Å². The number of fused-ring (bicyclic) bond motifs is 22. The molecule has 0 aromatic heterocycles. The maximum atomic E-state index is 2.46. The largest absolute Gasteiger partial charge is 0.310 e. The van der Waals surface area contributed by atoms with E-state index >= 15 is 0 Å². The predicted octanol–water partition coefficient (Wildman–Crippen LogP) is 32.7. The fourth-order valence-corrected chi connectivity index (χ4v) is 21.9. The molecule has 20 aromatic rings. The molecular weight excluding hydrogens is 1530 g/mol. The normalized spacial score (nSPS) is 13.6. The number of hydrogen-bond acceptors (Lipinski definition) is 4. The Morgan fingerprint density at radius 2 is 0.472 bits per heavy atom. The summed E-state index contributed by atoms with van der Waals surface area (Å²) >= 11 is 0. The molecule has 0 atom stereocenters. The molecule has 0 bridgehead atoms. The van der Waals surface area contributed by atoms with Gasteiger partial charge in [-0.15, -0.1) is 0 Å². The van der Waals surface area contributed by atoms with Crippen LogP contribution in [0, 0.1) is 0 Å². The fraction of sp³-hybridized carbons (Fsp3) is 0.0407. The number of nitrogens with zero attached hydrogens (tertiary/aromatic N) is 4. The molecule has 3 aliphatic carbocycles. The van der Waals surface area contributed by atoms with E-state index in [1.54, 1.807) is 0 Å². The van der Waals surface area contributed by atoms with Crippen molar-refractivity contribution in [3.05, 3.63) is 541 Å². The number of anilines is 12. The average Bonchev–Trinajstić information content (AvgIpc) is 1.54. The zero-order valence-electron chi connectivity index (χ0n) is 70.5. The Kier molecular flexibility index (Phi) is 17.7. The molecule has 0 saturated heterocycles. The second-order valence-electron chi connectivity index (χ2n) is 34.5. The number of benzene rings is 20. The Morgan fingerprint density at radius 3 is 0.913 bits per heavy atom. The lowest BCUT2D eigenvalue weighted by Crippen LogP contribution is -2.36. The fourth-order valence-electron chi connectivity index (χ4n) is 21.9. The van der Waals surface area contributed by atoms with Crippen LogP contribution in [0.4, 0.5) is 68.2 Å². The highest BCUT2D eigenvalue weighted by atomic mass is 15.2. The SMILES string of the molecule is CC1(C)c2ccccc2-c2ccc(-c3ccc(-c4ccc(N(c5ccccc5)c5cccc6c5-c5ccccc5C65c6ccccc6N(c6ccccc6)c6ccccc65)cc4)cc3)cc21.c1ccc(-c2ccc(N(c3ccc(-c4ccc5ccccc5c4)cc3)c3cccc4c3-c3ccccc3C43c4ccccc4N(c4ccccc4)c4ccccc43)cc2)cc1. The van der Waals surface area contributed by atoms with Crippen LogP contribution in [0.5, 0.6) is 0 Å². The lowest BCUT2D eigenvalue weighted by molar-refractivity contribution is 0.660. The van der Waals surface area contributed by atoms with Crippen molar-refractivity contribution in [2.24, 2.45) is 0 Å². The molecule has 20 aromatic carbocycles. The van der Waals surface area contributed by atoms with Crippen molar-refractivity contribution in [3.8, 4) is 77.9 Å². The van der Waals surface area contributed by atoms with Crippen molar-refractivity contribution in [1.82, 2.24) is 0 Å². The van der Waals surface area contributed by atoms with Gasteiger partial charge in [-0.2, -0.15) is 0 Å². The van der Waals surface area contributed by atoms with Crippen molar-refractivity contribution in [2.75, 3.05) is 19.6 Å². The maximum Gasteiger partial charge on any atom is 0.0755 e. The van der Waals surface area contributed by atoms with E-state index in [2.05, 4.69) is 519 Å². The molecule has 2 heterocycles. The van der Waals surface area contributed by atoms with E-state index in [9.17, 15) is 0 Å². The second-order valence-corrected chi connectivity index (χ2v) is 34.5. The average molecular weight is 1620 g/mol. The summed E-state index contributed by atoms with van der Waals surface area (Å²) in [7, 11) is 0. The summed E-state index contributed by atoms with van der Waals surface area (Å²) in [4.78, 5) is 9.80. The minimum atomic E-state index is -0.552. The lowest BCUT2D eigenvalue weighted by Gasteiger charge is -2.45. The van der Waals surface area contributed by atoms with Gasteiger partial charge in [0.25, 0.3) is 0 Å². The molecule has 0 amide bonds. The summed E-state index contributed by atoms with van der Waals surface area (Å²) in [6, 6.07) is 179. The summed E-state index contributed by atoms with van der Waals surface area (Å²) in [5.41, 5.74) is 43.2. The standard InChI is InChI=1S/C64H46N2.C59H40N2/c1-63(2)53-24-11-9-22-50(53)51-41-38-46(42-58(51)63)45-34-32-43(33-35-45)44-36-39-49(40-37-44)65(47-18-5-3-6-19-47)61-31-17-28-57-62(61)52-23-10-12-25-54(52)64(57)55-26-13-15-29-59(55)66(48-20-7-4-8-21-48)60-30-16-14-27-56(60)64;1-3-16-41(17-4-1)43-32-36-48(37-33-43)60(49-38-34-44(35-39-49)46-31-30-42-18-7-8-19-45(42)40-46)57-29-15-26-54-58(57)50-22-9-10-23-51(50)59(54)52-24-11-13-27-55(52)61(47-20-5-2-6-21-47)56-28-14-12-25-53(56)59/h3-42H,1-2H3;1-40H. The number of para-hydroxylation sites is 7. The highest BCUT2D eigenvalue weighted by Gasteiger charge is 2.55. The van der Waals surface area contributed by atoms with E-state index in [1.165, 1.54) is 167 Å². The molecule has 0 unspecified atom stereocenters. The van der Waals surface area contributed by atoms with Crippen molar-refractivity contribution in [1.29, 1.82) is 0 Å². The molecule has 25 rings (SSSR count). The molecule has 0 radical (unpaired) electrons. The molecular formula is C123H86N4. The molecule has 598 valence electrons. The summed E-state index contributed by atoms with van der Waals surface area (Å²) in [6.07, 6.45) is 0. The molecule has 4 heteroatoms. The topological polar surface area (TPSA) is 13.0 Å². The summed E-state index contributed by atoms with van der Waals surface area (Å²) in [6.45, 7) is 4.70. The van der Waals surface area contributed by atoms with E-state index in [-0.39, 0.29) is 5.41 Å².